The van der Waals surface area contributed by atoms with E-state index in [1.165, 1.54) is 17.2 Å². The number of nitrogens with two attached hydrogens (primary N) is 1. The van der Waals surface area contributed by atoms with E-state index >= 15 is 0 Å². The first-order valence-corrected chi connectivity index (χ1v) is 6.30. The van der Waals surface area contributed by atoms with Crippen molar-refractivity contribution in [3.05, 3.63) is 58.4 Å². The molecule has 0 saturated carbocycles. The summed E-state index contributed by atoms with van der Waals surface area (Å²) in [7, 11) is 0. The average Bonchev–Trinajstić information content (AvgIpc) is 2.80. The number of halogens is 1. The summed E-state index contributed by atoms with van der Waals surface area (Å²) in [6, 6.07) is 11.1. The van der Waals surface area contributed by atoms with Crippen LogP contribution >= 0.6 is 11.6 Å². The molecule has 4 nitrogen and oxygen atoms in total. The minimum atomic E-state index is -0.148. The summed E-state index contributed by atoms with van der Waals surface area (Å²) in [6.45, 7) is 1.20. The highest BCUT2D eigenvalue weighted by Gasteiger charge is 2.24. The number of nitrogen functional groups attached to an aromatic ring is 1. The third-order valence-electron chi connectivity index (χ3n) is 3.16. The average molecular weight is 274 g/mol. The van der Waals surface area contributed by atoms with Crippen molar-refractivity contribution in [1.82, 2.24) is 9.88 Å². The van der Waals surface area contributed by atoms with Gasteiger partial charge in [0.1, 0.15) is 10.8 Å². The molecule has 2 N–H and O–H groups in total. The molecule has 5 heteroatoms. The number of carbonyl (C=O) groups is 1. The van der Waals surface area contributed by atoms with Crippen LogP contribution in [0.15, 0.2) is 36.4 Å². The van der Waals surface area contributed by atoms with E-state index in [1.54, 1.807) is 11.0 Å². The molecule has 0 atom stereocenters. The molecule has 0 aliphatic carbocycles. The second-order valence-electron chi connectivity index (χ2n) is 4.54. The molecule has 0 bridgehead atoms. The van der Waals surface area contributed by atoms with Crippen LogP contribution in [0.5, 0.6) is 0 Å². The summed E-state index contributed by atoms with van der Waals surface area (Å²) in [4.78, 5) is 18.1. The van der Waals surface area contributed by atoms with Crippen molar-refractivity contribution in [1.29, 1.82) is 0 Å². The highest BCUT2D eigenvalue weighted by Crippen LogP contribution is 2.24. The number of hydrogen-bond acceptors (Lipinski definition) is 3. The van der Waals surface area contributed by atoms with E-state index in [2.05, 4.69) is 4.98 Å². The topological polar surface area (TPSA) is 59.2 Å². The van der Waals surface area contributed by atoms with Gasteiger partial charge >= 0.3 is 0 Å². The molecule has 0 spiro atoms. The number of benzene rings is 1. The predicted octanol–water partition coefficient (Wildman–Crippen LogP) is 2.47. The van der Waals surface area contributed by atoms with Gasteiger partial charge in [-0.3, -0.25) is 4.79 Å². The number of anilines is 1. The molecule has 0 radical (unpaired) electrons. The van der Waals surface area contributed by atoms with Crippen molar-refractivity contribution in [2.24, 2.45) is 0 Å². The van der Waals surface area contributed by atoms with E-state index < -0.39 is 0 Å². The smallest absolute Gasteiger partial charge is 0.273 e. The summed E-state index contributed by atoms with van der Waals surface area (Å²) in [5.41, 5.74) is 8.76. The lowest BCUT2D eigenvalue weighted by Gasteiger charge is -2.15. The van der Waals surface area contributed by atoms with Crippen molar-refractivity contribution in [3.8, 4) is 0 Å². The quantitative estimate of drug-likeness (QED) is 0.812. The Bertz CT molecular complexity index is 612. The molecular formula is C14H12ClN3O. The third kappa shape index (κ3) is 2.27. The van der Waals surface area contributed by atoms with Gasteiger partial charge in [-0.15, -0.1) is 0 Å². The van der Waals surface area contributed by atoms with Crippen molar-refractivity contribution in [2.75, 3.05) is 5.73 Å². The van der Waals surface area contributed by atoms with Gasteiger partial charge in [0.2, 0.25) is 0 Å². The van der Waals surface area contributed by atoms with Crippen LogP contribution < -0.4 is 5.73 Å². The second-order valence-corrected chi connectivity index (χ2v) is 4.93. The van der Waals surface area contributed by atoms with Crippen LogP contribution in [0.3, 0.4) is 0 Å². The van der Waals surface area contributed by atoms with E-state index in [9.17, 15) is 4.79 Å². The largest absolute Gasteiger partial charge is 0.399 e. The zero-order chi connectivity index (χ0) is 13.4. The molecule has 3 rings (SSSR count). The Balaban J connectivity index is 1.87. The SMILES string of the molecule is Nc1cc(Cl)nc(C(=O)N2Cc3ccccc3C2)c1. The van der Waals surface area contributed by atoms with Crippen molar-refractivity contribution in [3.63, 3.8) is 0 Å². The summed E-state index contributed by atoms with van der Waals surface area (Å²) in [5.74, 6) is -0.148. The normalized spacial score (nSPS) is 13.4. The molecule has 0 unspecified atom stereocenters. The first-order valence-electron chi connectivity index (χ1n) is 5.92. The van der Waals surface area contributed by atoms with E-state index in [-0.39, 0.29) is 16.8 Å². The number of nitrogens with zero attached hydrogens (tertiary/aromatic N) is 2. The third-order valence-corrected chi connectivity index (χ3v) is 3.36. The lowest BCUT2D eigenvalue weighted by Crippen LogP contribution is -2.26. The molecule has 19 heavy (non-hydrogen) atoms. The molecule has 0 fully saturated rings. The molecule has 1 aliphatic rings. The van der Waals surface area contributed by atoms with Crippen LogP contribution in [0.2, 0.25) is 5.15 Å². The molecule has 1 amide bonds. The number of amides is 1. The monoisotopic (exact) mass is 273 g/mol. The maximum atomic E-state index is 12.4. The molecular weight excluding hydrogens is 262 g/mol. The Hall–Kier alpha value is -2.07. The first kappa shape index (κ1) is 12.0. The Morgan fingerprint density at radius 1 is 1.21 bits per heavy atom. The van der Waals surface area contributed by atoms with Gasteiger partial charge in [0.25, 0.3) is 5.91 Å². The zero-order valence-electron chi connectivity index (χ0n) is 10.1. The number of hydrogen-bond donors (Lipinski definition) is 1. The fraction of sp³-hybridized carbons (Fsp3) is 0.143. The zero-order valence-corrected chi connectivity index (χ0v) is 10.9. The maximum Gasteiger partial charge on any atom is 0.273 e. The highest BCUT2D eigenvalue weighted by atomic mass is 35.5. The van der Waals surface area contributed by atoms with E-state index in [4.69, 9.17) is 17.3 Å². The number of rotatable bonds is 1. The molecule has 1 aromatic heterocycles. The number of fused-ring (bicyclic) bond motifs is 1. The van der Waals surface area contributed by atoms with Crippen LogP contribution in [-0.4, -0.2) is 15.8 Å². The Kier molecular flexibility index (Phi) is 2.87. The van der Waals surface area contributed by atoms with Crippen LogP contribution in [0.25, 0.3) is 0 Å². The van der Waals surface area contributed by atoms with Crippen LogP contribution in [0, 0.1) is 0 Å². The van der Waals surface area contributed by atoms with E-state index in [0.29, 0.717) is 18.8 Å². The molecule has 2 aromatic rings. The number of pyridine rings is 1. The van der Waals surface area contributed by atoms with E-state index in [1.807, 2.05) is 24.3 Å². The van der Waals surface area contributed by atoms with Gasteiger partial charge in [0.15, 0.2) is 0 Å². The predicted molar refractivity (Wildman–Crippen MR) is 73.7 cm³/mol. The molecule has 0 saturated heterocycles. The van der Waals surface area contributed by atoms with Gasteiger partial charge in [-0.05, 0) is 23.3 Å². The molecule has 1 aromatic carbocycles. The maximum absolute atomic E-state index is 12.4. The van der Waals surface area contributed by atoms with Gasteiger partial charge < -0.3 is 10.6 Å². The van der Waals surface area contributed by atoms with Crippen molar-refractivity contribution >= 4 is 23.2 Å². The van der Waals surface area contributed by atoms with Crippen LogP contribution in [0.1, 0.15) is 21.6 Å². The fourth-order valence-corrected chi connectivity index (χ4v) is 2.48. The number of carbonyl (C=O) groups excluding carboxylic acids is 1. The van der Waals surface area contributed by atoms with Crippen molar-refractivity contribution < 1.29 is 4.79 Å². The van der Waals surface area contributed by atoms with Gasteiger partial charge in [0.05, 0.1) is 0 Å². The highest BCUT2D eigenvalue weighted by molar-refractivity contribution is 6.29. The van der Waals surface area contributed by atoms with Crippen LogP contribution in [0.4, 0.5) is 5.69 Å². The van der Waals surface area contributed by atoms with Gasteiger partial charge in [-0.25, -0.2) is 4.98 Å². The van der Waals surface area contributed by atoms with E-state index in [0.717, 1.165) is 0 Å². The fourth-order valence-electron chi connectivity index (χ4n) is 2.26. The summed E-state index contributed by atoms with van der Waals surface area (Å²) < 4.78 is 0. The molecule has 2 heterocycles. The van der Waals surface area contributed by atoms with Gasteiger partial charge in [0, 0.05) is 18.8 Å². The second kappa shape index (κ2) is 4.55. The molecule has 1 aliphatic heterocycles. The standard InChI is InChI=1S/C14H12ClN3O/c15-13-6-11(16)5-12(17-13)14(19)18-7-9-3-1-2-4-10(9)8-18/h1-6H,7-8H2,(H2,16,17). The number of aromatic nitrogens is 1. The summed E-state index contributed by atoms with van der Waals surface area (Å²) in [5, 5.41) is 0.236. The van der Waals surface area contributed by atoms with Crippen molar-refractivity contribution in [2.45, 2.75) is 13.1 Å². The Labute approximate surface area is 115 Å². The minimum absolute atomic E-state index is 0.148. The lowest BCUT2D eigenvalue weighted by molar-refractivity contribution is 0.0745. The molecule has 96 valence electrons. The van der Waals surface area contributed by atoms with Gasteiger partial charge in [-0.2, -0.15) is 0 Å². The Morgan fingerprint density at radius 2 is 1.84 bits per heavy atom. The summed E-state index contributed by atoms with van der Waals surface area (Å²) in [6.07, 6.45) is 0. The Morgan fingerprint density at radius 3 is 2.42 bits per heavy atom. The van der Waals surface area contributed by atoms with Gasteiger partial charge in [-0.1, -0.05) is 35.9 Å². The lowest BCUT2D eigenvalue weighted by atomic mass is 10.1. The summed E-state index contributed by atoms with van der Waals surface area (Å²) >= 11 is 5.83. The van der Waals surface area contributed by atoms with Crippen LogP contribution in [-0.2, 0) is 13.1 Å². The minimum Gasteiger partial charge on any atom is -0.399 e. The first-order chi connectivity index (χ1) is 9.13.